The Labute approximate surface area is 225 Å². The number of benzene rings is 3. The van der Waals surface area contributed by atoms with Crippen LogP contribution < -0.4 is 15.8 Å². The second-order valence-corrected chi connectivity index (χ2v) is 9.57. The van der Waals surface area contributed by atoms with Crippen LogP contribution in [-0.4, -0.2) is 56.3 Å². The standard InChI is InChI=1S/C29H29N5O5/c1-18(32-29(37)38)26(19-7-3-2-4-8-19)39-23-12-13-24-21(16-23)17-31-34(24)22-10-5-9-20(15-22)28(36)33-14-6-11-25(33)27(30)35/h2-5,7-10,12-13,15-18,25-26,32H,6,11,14H2,1H3,(H2,30,35)(H,37,38)/t18-,25+,26+/m0/s1. The average molecular weight is 528 g/mol. The molecule has 10 heteroatoms. The number of amides is 3. The van der Waals surface area contributed by atoms with Crippen LogP contribution >= 0.6 is 0 Å². The van der Waals surface area contributed by atoms with Crippen molar-refractivity contribution in [2.75, 3.05) is 6.54 Å². The molecule has 3 aromatic carbocycles. The lowest BCUT2D eigenvalue weighted by molar-refractivity contribution is -0.121. The zero-order valence-corrected chi connectivity index (χ0v) is 21.4. The highest BCUT2D eigenvalue weighted by Gasteiger charge is 2.33. The molecule has 3 atom stereocenters. The Morgan fingerprint density at radius 1 is 1.08 bits per heavy atom. The molecule has 3 amide bonds. The van der Waals surface area contributed by atoms with Crippen molar-refractivity contribution in [3.05, 3.63) is 90.1 Å². The molecule has 0 unspecified atom stereocenters. The van der Waals surface area contributed by atoms with Crippen LogP contribution in [0.1, 0.15) is 41.8 Å². The van der Waals surface area contributed by atoms with Gasteiger partial charge in [0.2, 0.25) is 5.91 Å². The van der Waals surface area contributed by atoms with Crippen LogP contribution in [0.3, 0.4) is 0 Å². The maximum Gasteiger partial charge on any atom is 0.405 e. The van der Waals surface area contributed by atoms with E-state index in [0.717, 1.165) is 22.9 Å². The SMILES string of the molecule is C[C@H](NC(=O)O)[C@@H](Oc1ccc2c(cnn2-c2cccc(C(=O)N3CCC[C@@H]3C(N)=O)c2)c1)c1ccccc1. The van der Waals surface area contributed by atoms with E-state index in [0.29, 0.717) is 30.0 Å². The summed E-state index contributed by atoms with van der Waals surface area (Å²) in [5.41, 5.74) is 8.29. The summed E-state index contributed by atoms with van der Waals surface area (Å²) in [5, 5.41) is 17.1. The van der Waals surface area contributed by atoms with Crippen LogP contribution in [-0.2, 0) is 4.79 Å². The number of hydrogen-bond acceptors (Lipinski definition) is 5. The van der Waals surface area contributed by atoms with Gasteiger partial charge in [-0.3, -0.25) is 9.59 Å². The Bertz CT molecular complexity index is 1520. The predicted molar refractivity (Wildman–Crippen MR) is 145 cm³/mol. The summed E-state index contributed by atoms with van der Waals surface area (Å²) in [4.78, 5) is 37.8. The van der Waals surface area contributed by atoms with E-state index in [1.807, 2.05) is 48.5 Å². The molecule has 4 aromatic rings. The maximum absolute atomic E-state index is 13.2. The summed E-state index contributed by atoms with van der Waals surface area (Å²) in [5.74, 6) is -0.164. The summed E-state index contributed by atoms with van der Waals surface area (Å²) in [6.07, 6.45) is 1.34. The number of likely N-dealkylation sites (tertiary alicyclic amines) is 1. The van der Waals surface area contributed by atoms with Gasteiger partial charge in [0.25, 0.3) is 5.91 Å². The molecule has 39 heavy (non-hydrogen) atoms. The molecule has 4 N–H and O–H groups in total. The Hall–Kier alpha value is -4.86. The van der Waals surface area contributed by atoms with Crippen LogP contribution in [0.15, 0.2) is 79.0 Å². The molecule has 0 bridgehead atoms. The molecule has 5 rings (SSSR count). The smallest absolute Gasteiger partial charge is 0.405 e. The van der Waals surface area contributed by atoms with E-state index < -0.39 is 30.2 Å². The normalized spacial score (nSPS) is 16.5. The van der Waals surface area contributed by atoms with Crippen molar-refractivity contribution in [1.82, 2.24) is 20.0 Å². The minimum atomic E-state index is -1.13. The molecule has 0 aliphatic carbocycles. The molecule has 0 spiro atoms. The molecule has 1 aromatic heterocycles. The number of nitrogens with one attached hydrogen (secondary N) is 1. The third kappa shape index (κ3) is 5.40. The van der Waals surface area contributed by atoms with Crippen molar-refractivity contribution in [3.8, 4) is 11.4 Å². The number of rotatable bonds is 8. The van der Waals surface area contributed by atoms with Crippen LogP contribution in [0, 0.1) is 0 Å². The monoisotopic (exact) mass is 527 g/mol. The van der Waals surface area contributed by atoms with Gasteiger partial charge in [0.15, 0.2) is 0 Å². The average Bonchev–Trinajstić information content (AvgIpc) is 3.59. The van der Waals surface area contributed by atoms with E-state index in [9.17, 15) is 19.5 Å². The lowest BCUT2D eigenvalue weighted by Crippen LogP contribution is -2.43. The molecular formula is C29H29N5O5. The third-order valence-corrected chi connectivity index (χ3v) is 6.92. The van der Waals surface area contributed by atoms with Gasteiger partial charge in [0.05, 0.1) is 23.4 Å². The summed E-state index contributed by atoms with van der Waals surface area (Å²) in [7, 11) is 0. The molecule has 1 aliphatic heterocycles. The fourth-order valence-electron chi connectivity index (χ4n) is 5.05. The zero-order valence-electron chi connectivity index (χ0n) is 21.4. The summed E-state index contributed by atoms with van der Waals surface area (Å²) >= 11 is 0. The molecular weight excluding hydrogens is 498 g/mol. The Morgan fingerprint density at radius 3 is 2.62 bits per heavy atom. The van der Waals surface area contributed by atoms with Gasteiger partial charge in [-0.1, -0.05) is 36.4 Å². The highest BCUT2D eigenvalue weighted by atomic mass is 16.5. The highest BCUT2D eigenvalue weighted by Crippen LogP contribution is 2.29. The number of hydrogen-bond donors (Lipinski definition) is 3. The van der Waals surface area contributed by atoms with Crippen molar-refractivity contribution >= 4 is 28.8 Å². The van der Waals surface area contributed by atoms with Gasteiger partial charge in [-0.2, -0.15) is 5.10 Å². The second-order valence-electron chi connectivity index (χ2n) is 9.57. The first kappa shape index (κ1) is 25.8. The zero-order chi connectivity index (χ0) is 27.5. The van der Waals surface area contributed by atoms with Crippen molar-refractivity contribution in [2.45, 2.75) is 38.0 Å². The largest absolute Gasteiger partial charge is 0.484 e. The van der Waals surface area contributed by atoms with E-state index in [4.69, 9.17) is 10.5 Å². The summed E-state index contributed by atoms with van der Waals surface area (Å²) < 4.78 is 8.00. The lowest BCUT2D eigenvalue weighted by Gasteiger charge is -2.25. The fraction of sp³-hybridized carbons (Fsp3) is 0.241. The van der Waals surface area contributed by atoms with Crippen molar-refractivity contribution in [2.24, 2.45) is 5.73 Å². The van der Waals surface area contributed by atoms with E-state index in [1.54, 1.807) is 42.1 Å². The molecule has 1 saturated heterocycles. The molecule has 0 radical (unpaired) electrons. The van der Waals surface area contributed by atoms with Crippen LogP contribution in [0.5, 0.6) is 5.75 Å². The van der Waals surface area contributed by atoms with Gasteiger partial charge in [-0.05, 0) is 61.7 Å². The van der Waals surface area contributed by atoms with Gasteiger partial charge < -0.3 is 25.8 Å². The number of carbonyl (C=O) groups is 3. The number of fused-ring (bicyclic) bond motifs is 1. The number of aromatic nitrogens is 2. The highest BCUT2D eigenvalue weighted by molar-refractivity contribution is 5.98. The van der Waals surface area contributed by atoms with E-state index in [1.165, 1.54) is 4.90 Å². The number of nitrogens with two attached hydrogens (primary N) is 1. The minimum absolute atomic E-state index is 0.235. The Morgan fingerprint density at radius 2 is 1.87 bits per heavy atom. The summed E-state index contributed by atoms with van der Waals surface area (Å²) in [6, 6.07) is 21.0. The van der Waals surface area contributed by atoms with E-state index >= 15 is 0 Å². The number of ether oxygens (including phenoxy) is 1. The third-order valence-electron chi connectivity index (χ3n) is 6.92. The maximum atomic E-state index is 13.2. The Balaban J connectivity index is 1.41. The number of carboxylic acid groups (broad SMARTS) is 1. The van der Waals surface area contributed by atoms with Gasteiger partial charge >= 0.3 is 6.09 Å². The first-order valence-electron chi connectivity index (χ1n) is 12.7. The lowest BCUT2D eigenvalue weighted by atomic mass is 10.0. The van der Waals surface area contributed by atoms with Crippen molar-refractivity contribution in [3.63, 3.8) is 0 Å². The van der Waals surface area contributed by atoms with Crippen molar-refractivity contribution < 1.29 is 24.2 Å². The van der Waals surface area contributed by atoms with Crippen molar-refractivity contribution in [1.29, 1.82) is 0 Å². The topological polar surface area (TPSA) is 140 Å². The van der Waals surface area contributed by atoms with Crippen LogP contribution in [0.2, 0.25) is 0 Å². The fourth-order valence-corrected chi connectivity index (χ4v) is 5.05. The van der Waals surface area contributed by atoms with Gasteiger partial charge in [0, 0.05) is 17.5 Å². The van der Waals surface area contributed by atoms with Crippen LogP contribution in [0.25, 0.3) is 16.6 Å². The summed E-state index contributed by atoms with van der Waals surface area (Å²) in [6.45, 7) is 2.25. The molecule has 1 fully saturated rings. The number of carbonyl (C=O) groups excluding carboxylic acids is 2. The van der Waals surface area contributed by atoms with Crippen LogP contribution in [0.4, 0.5) is 4.79 Å². The van der Waals surface area contributed by atoms with Gasteiger partial charge in [-0.15, -0.1) is 0 Å². The molecule has 10 nitrogen and oxygen atoms in total. The second kappa shape index (κ2) is 10.9. The first-order valence-corrected chi connectivity index (χ1v) is 12.7. The Kier molecular flexibility index (Phi) is 7.18. The van der Waals surface area contributed by atoms with E-state index in [-0.39, 0.29) is 5.91 Å². The predicted octanol–water partition coefficient (Wildman–Crippen LogP) is 3.89. The van der Waals surface area contributed by atoms with Gasteiger partial charge in [0.1, 0.15) is 17.9 Å². The molecule has 2 heterocycles. The number of primary amides is 1. The molecule has 0 saturated carbocycles. The molecule has 200 valence electrons. The first-order chi connectivity index (χ1) is 18.8. The quantitative estimate of drug-likeness (QED) is 0.318. The van der Waals surface area contributed by atoms with E-state index in [2.05, 4.69) is 10.4 Å². The van der Waals surface area contributed by atoms with Gasteiger partial charge in [-0.25, -0.2) is 9.48 Å². The molecule has 1 aliphatic rings. The minimum Gasteiger partial charge on any atom is -0.484 e. The number of nitrogens with zero attached hydrogens (tertiary/aromatic N) is 3.